The summed E-state index contributed by atoms with van der Waals surface area (Å²) < 4.78 is 44.6. The summed E-state index contributed by atoms with van der Waals surface area (Å²) in [6, 6.07) is 17.6. The number of amides is 3. The summed E-state index contributed by atoms with van der Waals surface area (Å²) in [5.41, 5.74) is 3.81. The van der Waals surface area contributed by atoms with Crippen molar-refractivity contribution >= 4 is 30.1 Å². The Labute approximate surface area is 437 Å². The van der Waals surface area contributed by atoms with Crippen molar-refractivity contribution in [3.05, 3.63) is 77.9 Å². The van der Waals surface area contributed by atoms with Crippen LogP contribution < -0.4 is 16.2 Å². The average Bonchev–Trinajstić information content (AvgIpc) is 3.34. The second kappa shape index (κ2) is 26.9. The largest absolute Gasteiger partial charge is 0.459 e. The van der Waals surface area contributed by atoms with E-state index in [9.17, 15) is 34.5 Å². The van der Waals surface area contributed by atoms with Crippen LogP contribution in [0, 0.1) is 23.2 Å². The number of ether oxygens (including phenoxy) is 7. The van der Waals surface area contributed by atoms with E-state index >= 15 is 0 Å². The van der Waals surface area contributed by atoms with E-state index in [-0.39, 0.29) is 43.9 Å². The molecule has 3 aliphatic rings. The molecule has 17 atom stereocenters. The van der Waals surface area contributed by atoms with Crippen LogP contribution in [0.5, 0.6) is 0 Å². The molecular weight excluding hydrogens is 955 g/mol. The smallest absolute Gasteiger partial charge is 0.426 e. The molecule has 2 aromatic rings. The van der Waals surface area contributed by atoms with Gasteiger partial charge in [0, 0.05) is 49.0 Å². The highest BCUT2D eigenvalue weighted by molar-refractivity contribution is 5.92. The molecule has 3 aliphatic heterocycles. The highest BCUT2D eigenvalue weighted by atomic mass is 16.7. The number of hydrogen-bond donors (Lipinski definition) is 6. The first-order chi connectivity index (χ1) is 34.8. The Kier molecular flexibility index (Phi) is 21.8. The van der Waals surface area contributed by atoms with E-state index in [4.69, 9.17) is 33.2 Å². The number of rotatable bonds is 12. The number of aliphatic hydroxyl groups excluding tert-OH is 2. The number of cyclic esters (lactones) is 1. The molecule has 19 nitrogen and oxygen atoms in total. The maximum Gasteiger partial charge on any atom is 0.426 e. The van der Waals surface area contributed by atoms with E-state index in [2.05, 4.69) is 16.2 Å². The number of nitrogens with one attached hydrogen (secondary N) is 3. The number of nitrogens with zero attached hydrogens (tertiary/aromatic N) is 2. The van der Waals surface area contributed by atoms with Crippen LogP contribution in [-0.2, 0) is 49.3 Å². The molecule has 0 saturated carbocycles. The van der Waals surface area contributed by atoms with Crippen molar-refractivity contribution in [3.63, 3.8) is 0 Å². The number of hydrogen-bond acceptors (Lipinski definition) is 16. The molecular formula is C55H85N5O14. The molecule has 3 fully saturated rings. The van der Waals surface area contributed by atoms with Gasteiger partial charge in [0.15, 0.2) is 12.6 Å². The lowest BCUT2D eigenvalue weighted by Crippen LogP contribution is -2.60. The summed E-state index contributed by atoms with van der Waals surface area (Å²) in [6.07, 6.45) is -9.07. The van der Waals surface area contributed by atoms with E-state index in [0.717, 1.165) is 11.1 Å². The minimum atomic E-state index is -1.66. The van der Waals surface area contributed by atoms with Crippen LogP contribution in [0.4, 0.5) is 9.59 Å². The van der Waals surface area contributed by atoms with Gasteiger partial charge in [0.25, 0.3) is 5.91 Å². The number of benzene rings is 2. The Morgan fingerprint density at radius 1 is 0.838 bits per heavy atom. The number of aliphatic hydroxyl groups is 3. The van der Waals surface area contributed by atoms with Gasteiger partial charge in [-0.25, -0.2) is 15.0 Å². The summed E-state index contributed by atoms with van der Waals surface area (Å²) in [5, 5.41) is 39.6. The molecule has 0 unspecified atom stereocenters. The standard InChI is InChI=1S/C55H85N5O14/c1-14-41-45(63)47(72-52(65)56-30-39-23-19-16-20-24-39)36(6)60(13)31-32(2)28-55(10,67)48(73-51-44(62)40(59(11)12)27-33(3)68-51)34(4)46(35(5)50(64)70-41)71-43-29-54(8,9)49(37(7)69-43)74-53(66)58-57-42(61)26-25-38-21-17-15-18-22-38/h15-26,32-37,40-41,43-49,51,62-63,67H,14,27-31H2,1-13H3,(H,56,65)(H,57,61)(H,58,66)/b26-25+/t32-,33-,34+,35-,36-,37+,40+,41-,43+,44-,45+,46+,47-,48-,49+,51+,55+/m1/s1. The zero-order chi connectivity index (χ0) is 54.7. The fraction of sp³-hybridized carbons (Fsp3) is 0.673. The summed E-state index contributed by atoms with van der Waals surface area (Å²) in [7, 11) is 5.57. The Morgan fingerprint density at radius 3 is 2.11 bits per heavy atom. The van der Waals surface area contributed by atoms with Crippen molar-refractivity contribution in [1.29, 1.82) is 0 Å². The van der Waals surface area contributed by atoms with Crippen molar-refractivity contribution in [3.8, 4) is 0 Å². The molecule has 414 valence electrons. The Morgan fingerprint density at radius 2 is 1.49 bits per heavy atom. The maximum atomic E-state index is 14.8. The lowest BCUT2D eigenvalue weighted by molar-refractivity contribution is -0.312. The first-order valence-electron chi connectivity index (χ1n) is 26.1. The van der Waals surface area contributed by atoms with Gasteiger partial charge in [0.1, 0.15) is 30.5 Å². The van der Waals surface area contributed by atoms with Crippen molar-refractivity contribution in [1.82, 2.24) is 26.0 Å². The fourth-order valence-electron chi connectivity index (χ4n) is 10.8. The Balaban J connectivity index is 1.45. The molecule has 3 saturated heterocycles. The molecule has 5 rings (SSSR count). The van der Waals surface area contributed by atoms with Crippen LogP contribution in [0.15, 0.2) is 66.7 Å². The van der Waals surface area contributed by atoms with Gasteiger partial charge in [-0.3, -0.25) is 19.9 Å². The first-order valence-corrected chi connectivity index (χ1v) is 26.1. The number of carbonyl (C=O) groups excluding carboxylic acids is 4. The Hall–Kier alpha value is -4.70. The van der Waals surface area contributed by atoms with E-state index in [1.54, 1.807) is 40.7 Å². The van der Waals surface area contributed by atoms with Gasteiger partial charge in [0.2, 0.25) is 0 Å². The minimum absolute atomic E-state index is 0.151. The van der Waals surface area contributed by atoms with Crippen molar-refractivity contribution in [2.45, 2.75) is 187 Å². The topological polar surface area (TPSA) is 236 Å². The molecule has 0 spiro atoms. The maximum absolute atomic E-state index is 14.8. The molecule has 2 aromatic carbocycles. The average molecular weight is 1040 g/mol. The van der Waals surface area contributed by atoms with E-state index in [1.807, 2.05) is 126 Å². The number of alkyl carbamates (subject to hydrolysis) is 1. The van der Waals surface area contributed by atoms with Gasteiger partial charge < -0.3 is 58.7 Å². The summed E-state index contributed by atoms with van der Waals surface area (Å²) in [4.78, 5) is 57.7. The third-order valence-corrected chi connectivity index (χ3v) is 14.8. The van der Waals surface area contributed by atoms with Crippen molar-refractivity contribution in [2.75, 3.05) is 27.7 Å². The molecule has 74 heavy (non-hydrogen) atoms. The third kappa shape index (κ3) is 16.4. The van der Waals surface area contributed by atoms with E-state index < -0.39 is 114 Å². The monoisotopic (exact) mass is 1040 g/mol. The van der Waals surface area contributed by atoms with Crippen LogP contribution in [-0.4, -0.2) is 162 Å². The lowest BCUT2D eigenvalue weighted by Gasteiger charge is -2.49. The van der Waals surface area contributed by atoms with Crippen LogP contribution in [0.3, 0.4) is 0 Å². The molecule has 0 bridgehead atoms. The zero-order valence-corrected chi connectivity index (χ0v) is 45.6. The zero-order valence-electron chi connectivity index (χ0n) is 45.6. The Bertz CT molecular complexity index is 2130. The second-order valence-corrected chi connectivity index (χ2v) is 22.0. The quantitative estimate of drug-likeness (QED) is 0.0662. The summed E-state index contributed by atoms with van der Waals surface area (Å²) in [6.45, 7) is 18.6. The van der Waals surface area contributed by atoms with Crippen molar-refractivity contribution < 1.29 is 67.7 Å². The number of hydrazine groups is 1. The molecule has 0 aromatic heterocycles. The van der Waals surface area contributed by atoms with Gasteiger partial charge >= 0.3 is 18.2 Å². The predicted molar refractivity (Wildman–Crippen MR) is 276 cm³/mol. The van der Waals surface area contributed by atoms with Gasteiger partial charge in [0.05, 0.1) is 35.9 Å². The molecule has 0 aliphatic carbocycles. The fourth-order valence-corrected chi connectivity index (χ4v) is 10.8. The minimum Gasteiger partial charge on any atom is -0.459 e. The molecule has 6 N–H and O–H groups in total. The molecule has 3 heterocycles. The predicted octanol–water partition coefficient (Wildman–Crippen LogP) is 5.54. The SMILES string of the molecule is CC[C@H]1OC(=O)[C@H](C)[C@@H](O[C@H]2CC(C)(C)[C@@H](OC(=O)NNC(=O)/C=C/c3ccccc3)[C@H](C)O2)[C@H](C)[C@@H](O[C@@H]2O[C@H](C)C[C@H](N(C)C)[C@H]2O)[C@@](C)(O)C[C@@H](C)CN(C)[C@H](C)[C@@H](OC(=O)NCc2ccccc2)[C@H]1O. The van der Waals surface area contributed by atoms with Crippen LogP contribution in [0.1, 0.15) is 106 Å². The van der Waals surface area contributed by atoms with Crippen molar-refractivity contribution in [2.24, 2.45) is 23.2 Å². The number of likely N-dealkylation sites (N-methyl/N-ethyl adjacent to an activating group) is 2. The number of carbonyl (C=O) groups is 4. The highest BCUT2D eigenvalue weighted by Gasteiger charge is 2.52. The van der Waals surface area contributed by atoms with E-state index in [1.165, 1.54) is 6.08 Å². The molecule has 19 heteroatoms. The van der Waals surface area contributed by atoms with Crippen LogP contribution in [0.25, 0.3) is 6.08 Å². The van der Waals surface area contributed by atoms with Gasteiger partial charge in [-0.1, -0.05) is 95.3 Å². The van der Waals surface area contributed by atoms with Crippen LogP contribution in [0.2, 0.25) is 0 Å². The van der Waals surface area contributed by atoms with Gasteiger partial charge in [-0.05, 0) is 98.1 Å². The van der Waals surface area contributed by atoms with Gasteiger partial charge in [-0.15, -0.1) is 0 Å². The lowest BCUT2D eigenvalue weighted by atomic mass is 9.77. The first kappa shape index (κ1) is 60.2. The van der Waals surface area contributed by atoms with Crippen LogP contribution >= 0.6 is 0 Å². The third-order valence-electron chi connectivity index (χ3n) is 14.8. The molecule has 0 radical (unpaired) electrons. The van der Waals surface area contributed by atoms with Gasteiger partial charge in [-0.2, -0.15) is 0 Å². The summed E-state index contributed by atoms with van der Waals surface area (Å²) >= 11 is 0. The molecule has 3 amide bonds. The second-order valence-electron chi connectivity index (χ2n) is 22.0. The van der Waals surface area contributed by atoms with E-state index in [0.29, 0.717) is 13.0 Å². The summed E-state index contributed by atoms with van der Waals surface area (Å²) in [5.74, 6) is -3.53. The number of esters is 1. The highest BCUT2D eigenvalue weighted by Crippen LogP contribution is 2.42. The normalized spacial score (nSPS) is 35.7.